The van der Waals surface area contributed by atoms with E-state index in [9.17, 15) is 9.18 Å². The molecular formula is C12H9ClFN3O2. The minimum atomic E-state index is -0.682. The van der Waals surface area contributed by atoms with Gasteiger partial charge in [-0.25, -0.2) is 4.39 Å². The summed E-state index contributed by atoms with van der Waals surface area (Å²) in [5.41, 5.74) is -0.193. The zero-order valence-electron chi connectivity index (χ0n) is 9.85. The topological polar surface area (TPSA) is 64.1 Å². The molecule has 0 aliphatic rings. The van der Waals surface area contributed by atoms with Gasteiger partial charge in [0.25, 0.3) is 5.91 Å². The molecule has 1 N–H and O–H groups in total. The maximum absolute atomic E-state index is 13.7. The van der Waals surface area contributed by atoms with Crippen LogP contribution >= 0.6 is 11.6 Å². The molecule has 0 saturated carbocycles. The van der Waals surface area contributed by atoms with Crippen molar-refractivity contribution >= 4 is 23.3 Å². The second kappa shape index (κ2) is 5.62. The molecule has 98 valence electrons. The smallest absolute Gasteiger partial charge is 0.263 e. The molecule has 1 heterocycles. The number of anilines is 1. The molecule has 1 aromatic carbocycles. The normalized spacial score (nSPS) is 10.1. The quantitative estimate of drug-likeness (QED) is 0.939. The molecule has 0 bridgehead atoms. The van der Waals surface area contributed by atoms with E-state index in [1.54, 1.807) is 0 Å². The zero-order chi connectivity index (χ0) is 13.8. The van der Waals surface area contributed by atoms with Crippen molar-refractivity contribution in [2.45, 2.75) is 0 Å². The molecule has 2 rings (SSSR count). The van der Waals surface area contributed by atoms with Crippen LogP contribution < -0.4 is 10.1 Å². The summed E-state index contributed by atoms with van der Waals surface area (Å²) < 4.78 is 18.6. The Balaban J connectivity index is 2.27. The summed E-state index contributed by atoms with van der Waals surface area (Å²) in [6.07, 6.45) is 0. The van der Waals surface area contributed by atoms with Crippen molar-refractivity contribution in [1.82, 2.24) is 10.2 Å². The van der Waals surface area contributed by atoms with Crippen molar-refractivity contribution in [2.24, 2.45) is 0 Å². The van der Waals surface area contributed by atoms with Gasteiger partial charge in [0.1, 0.15) is 17.1 Å². The van der Waals surface area contributed by atoms with Gasteiger partial charge in [0, 0.05) is 0 Å². The van der Waals surface area contributed by atoms with E-state index in [1.807, 2.05) is 0 Å². The highest BCUT2D eigenvalue weighted by Gasteiger charge is 2.18. The number of methoxy groups -OCH3 is 1. The van der Waals surface area contributed by atoms with Gasteiger partial charge in [-0.1, -0.05) is 17.7 Å². The van der Waals surface area contributed by atoms with Gasteiger partial charge >= 0.3 is 0 Å². The molecule has 5 nitrogen and oxygen atoms in total. The molecule has 0 atom stereocenters. The van der Waals surface area contributed by atoms with Gasteiger partial charge in [0.05, 0.1) is 7.11 Å². The summed E-state index contributed by atoms with van der Waals surface area (Å²) in [6.45, 7) is 0. The Kier molecular flexibility index (Phi) is 3.91. The number of carbonyl (C=O) groups is 1. The molecular weight excluding hydrogens is 273 g/mol. The minimum absolute atomic E-state index is 0.138. The van der Waals surface area contributed by atoms with E-state index in [4.69, 9.17) is 16.3 Å². The highest BCUT2D eigenvalue weighted by molar-refractivity contribution is 6.29. The van der Waals surface area contributed by atoms with E-state index >= 15 is 0 Å². The predicted molar refractivity (Wildman–Crippen MR) is 67.9 cm³/mol. The van der Waals surface area contributed by atoms with Gasteiger partial charge in [0.15, 0.2) is 11.0 Å². The third kappa shape index (κ3) is 2.97. The fourth-order valence-electron chi connectivity index (χ4n) is 1.46. The van der Waals surface area contributed by atoms with Crippen LogP contribution in [0.25, 0.3) is 0 Å². The number of hydrogen-bond acceptors (Lipinski definition) is 4. The number of benzene rings is 1. The summed E-state index contributed by atoms with van der Waals surface area (Å²) in [6, 6.07) is 7.03. The van der Waals surface area contributed by atoms with Crippen LogP contribution in [-0.2, 0) is 0 Å². The molecule has 0 fully saturated rings. The second-order valence-corrected chi connectivity index (χ2v) is 3.90. The Labute approximate surface area is 113 Å². The van der Waals surface area contributed by atoms with Gasteiger partial charge < -0.3 is 10.1 Å². The Morgan fingerprint density at radius 2 is 2.11 bits per heavy atom. The number of rotatable bonds is 3. The average molecular weight is 282 g/mol. The molecule has 1 aromatic heterocycles. The highest BCUT2D eigenvalue weighted by atomic mass is 35.5. The second-order valence-electron chi connectivity index (χ2n) is 3.51. The van der Waals surface area contributed by atoms with Crippen molar-refractivity contribution in [3.05, 3.63) is 46.9 Å². The number of hydrogen-bond donors (Lipinski definition) is 1. The molecule has 0 radical (unpaired) electrons. The maximum atomic E-state index is 13.7. The van der Waals surface area contributed by atoms with Crippen molar-refractivity contribution < 1.29 is 13.9 Å². The van der Waals surface area contributed by atoms with Crippen molar-refractivity contribution in [1.29, 1.82) is 0 Å². The molecule has 0 unspecified atom stereocenters. The molecule has 7 heteroatoms. The third-order valence-corrected chi connectivity index (χ3v) is 2.50. The Bertz CT molecular complexity index is 604. The monoisotopic (exact) mass is 281 g/mol. The fourth-order valence-corrected chi connectivity index (χ4v) is 1.56. The number of halogens is 2. The van der Waals surface area contributed by atoms with Crippen LogP contribution in [0, 0.1) is 5.82 Å². The first-order valence-electron chi connectivity index (χ1n) is 5.25. The first-order chi connectivity index (χ1) is 9.11. The van der Waals surface area contributed by atoms with Crippen molar-refractivity contribution in [3.8, 4) is 5.75 Å². The first kappa shape index (κ1) is 13.2. The summed E-state index contributed by atoms with van der Waals surface area (Å²) in [5.74, 6) is -1.05. The van der Waals surface area contributed by atoms with E-state index in [0.717, 1.165) is 0 Å². The summed E-state index contributed by atoms with van der Waals surface area (Å²) in [4.78, 5) is 12.0. The summed E-state index contributed by atoms with van der Waals surface area (Å²) in [5, 5.41) is 9.82. The lowest BCUT2D eigenvalue weighted by atomic mass is 10.1. The minimum Gasteiger partial charge on any atom is -0.496 e. The van der Waals surface area contributed by atoms with Gasteiger partial charge in [-0.3, -0.25) is 4.79 Å². The van der Waals surface area contributed by atoms with E-state index in [2.05, 4.69) is 15.5 Å². The SMILES string of the molecule is COc1cccc(F)c1C(=O)Nc1ccc(Cl)nn1. The number of ether oxygens (including phenoxy) is 1. The Morgan fingerprint density at radius 1 is 1.32 bits per heavy atom. The van der Waals surface area contributed by atoms with E-state index in [-0.39, 0.29) is 22.3 Å². The number of nitrogens with one attached hydrogen (secondary N) is 1. The molecule has 2 aromatic rings. The molecule has 1 amide bonds. The zero-order valence-corrected chi connectivity index (χ0v) is 10.6. The Hall–Kier alpha value is -2.21. The lowest BCUT2D eigenvalue weighted by Crippen LogP contribution is -2.16. The molecule has 0 aliphatic heterocycles. The number of nitrogens with zero attached hydrogens (tertiary/aromatic N) is 2. The van der Waals surface area contributed by atoms with E-state index in [1.165, 1.54) is 37.4 Å². The average Bonchev–Trinajstić information content (AvgIpc) is 2.40. The van der Waals surface area contributed by atoms with Gasteiger partial charge in [0.2, 0.25) is 0 Å². The third-order valence-electron chi connectivity index (χ3n) is 2.30. The van der Waals surface area contributed by atoms with Crippen molar-refractivity contribution in [3.63, 3.8) is 0 Å². The lowest BCUT2D eigenvalue weighted by molar-refractivity contribution is 0.101. The van der Waals surface area contributed by atoms with Gasteiger partial charge in [-0.15, -0.1) is 10.2 Å². The van der Waals surface area contributed by atoms with Crippen LogP contribution in [0.5, 0.6) is 5.75 Å². The number of carbonyl (C=O) groups excluding carboxylic acids is 1. The number of amides is 1. The van der Waals surface area contributed by atoms with Crippen molar-refractivity contribution in [2.75, 3.05) is 12.4 Å². The predicted octanol–water partition coefficient (Wildman–Crippen LogP) is 2.53. The van der Waals surface area contributed by atoms with Crippen LogP contribution in [-0.4, -0.2) is 23.2 Å². The Morgan fingerprint density at radius 3 is 2.74 bits per heavy atom. The maximum Gasteiger partial charge on any atom is 0.263 e. The highest BCUT2D eigenvalue weighted by Crippen LogP contribution is 2.22. The van der Waals surface area contributed by atoms with Crippen LogP contribution in [0.2, 0.25) is 5.15 Å². The van der Waals surface area contributed by atoms with Crippen LogP contribution in [0.3, 0.4) is 0 Å². The molecule has 19 heavy (non-hydrogen) atoms. The summed E-state index contributed by atoms with van der Waals surface area (Å²) >= 11 is 5.57. The van der Waals surface area contributed by atoms with Crippen LogP contribution in [0.15, 0.2) is 30.3 Å². The van der Waals surface area contributed by atoms with E-state index < -0.39 is 11.7 Å². The first-order valence-corrected chi connectivity index (χ1v) is 5.62. The fraction of sp³-hybridized carbons (Fsp3) is 0.0833. The van der Waals surface area contributed by atoms with Crippen LogP contribution in [0.1, 0.15) is 10.4 Å². The molecule has 0 saturated heterocycles. The molecule has 0 aliphatic carbocycles. The van der Waals surface area contributed by atoms with E-state index in [0.29, 0.717) is 0 Å². The summed E-state index contributed by atoms with van der Waals surface area (Å²) in [7, 11) is 1.35. The lowest BCUT2D eigenvalue weighted by Gasteiger charge is -2.09. The van der Waals surface area contributed by atoms with Gasteiger partial charge in [-0.2, -0.15) is 0 Å². The molecule has 0 spiro atoms. The van der Waals surface area contributed by atoms with Gasteiger partial charge in [-0.05, 0) is 24.3 Å². The largest absolute Gasteiger partial charge is 0.496 e. The van der Waals surface area contributed by atoms with Crippen LogP contribution in [0.4, 0.5) is 10.2 Å². The standard InChI is InChI=1S/C12H9ClFN3O2/c1-19-8-4-2-3-7(14)11(8)12(18)15-10-6-5-9(13)16-17-10/h2-6H,1H3,(H,15,17,18). The number of aromatic nitrogens is 2.